The molecule has 0 radical (unpaired) electrons. The number of ether oxygens (including phenoxy) is 1. The molecule has 0 fully saturated rings. The highest BCUT2D eigenvalue weighted by molar-refractivity contribution is 6.21. The van der Waals surface area contributed by atoms with Crippen LogP contribution in [0.5, 0.6) is 11.5 Å². The van der Waals surface area contributed by atoms with Gasteiger partial charge in [0.25, 0.3) is 0 Å². The molecule has 45 heavy (non-hydrogen) atoms. The molecule has 1 aromatic heterocycles. The summed E-state index contributed by atoms with van der Waals surface area (Å²) in [4.78, 5) is 4.74. The molecule has 10 rings (SSSR count). The minimum Gasteiger partial charge on any atom is -0.456 e. The van der Waals surface area contributed by atoms with E-state index in [2.05, 4.69) is 140 Å². The highest BCUT2D eigenvalue weighted by Gasteiger charge is 2.23. The van der Waals surface area contributed by atoms with Gasteiger partial charge < -0.3 is 4.74 Å². The fourth-order valence-corrected chi connectivity index (χ4v) is 7.45. The largest absolute Gasteiger partial charge is 0.456 e. The maximum atomic E-state index is 6.74. The van der Waals surface area contributed by atoms with E-state index in [1.54, 1.807) is 0 Å². The van der Waals surface area contributed by atoms with Crippen LogP contribution in [0.1, 0.15) is 0 Å². The van der Waals surface area contributed by atoms with E-state index >= 15 is 0 Å². The van der Waals surface area contributed by atoms with Crippen LogP contribution < -0.4 is 4.74 Å². The summed E-state index contributed by atoms with van der Waals surface area (Å²) < 4.78 is 6.74. The Hall–Kier alpha value is -5.99. The van der Waals surface area contributed by atoms with E-state index in [0.717, 1.165) is 44.5 Å². The number of aromatic nitrogens is 1. The first kappa shape index (κ1) is 24.5. The predicted octanol–water partition coefficient (Wildman–Crippen LogP) is 12.0. The molecule has 2 nitrogen and oxygen atoms in total. The highest BCUT2D eigenvalue weighted by atomic mass is 16.5. The quantitative estimate of drug-likeness (QED) is 0.193. The van der Waals surface area contributed by atoms with Gasteiger partial charge in [0.05, 0.1) is 5.52 Å². The van der Waals surface area contributed by atoms with Crippen LogP contribution >= 0.6 is 0 Å². The Balaban J connectivity index is 1.18. The van der Waals surface area contributed by atoms with Crippen molar-refractivity contribution in [1.82, 2.24) is 4.98 Å². The van der Waals surface area contributed by atoms with Gasteiger partial charge in [-0.1, -0.05) is 115 Å². The van der Waals surface area contributed by atoms with Crippen LogP contribution in [0.2, 0.25) is 0 Å². The summed E-state index contributed by atoms with van der Waals surface area (Å²) in [6, 6.07) is 52.4. The third kappa shape index (κ3) is 3.54. The zero-order chi connectivity index (χ0) is 29.5. The monoisotopic (exact) mass is 571 g/mol. The molecule has 9 aromatic rings. The number of fused-ring (bicyclic) bond motifs is 8. The topological polar surface area (TPSA) is 22.1 Å². The molecular formula is C43H25NO. The van der Waals surface area contributed by atoms with Gasteiger partial charge in [-0.3, -0.25) is 4.98 Å². The summed E-state index contributed by atoms with van der Waals surface area (Å²) in [5, 5.41) is 11.0. The van der Waals surface area contributed by atoms with Gasteiger partial charge in [-0.05, 0) is 90.3 Å². The number of nitrogens with zero attached hydrogens (tertiary/aromatic N) is 1. The van der Waals surface area contributed by atoms with E-state index in [-0.39, 0.29) is 0 Å². The molecule has 0 aliphatic carbocycles. The summed E-state index contributed by atoms with van der Waals surface area (Å²) in [6.45, 7) is 0. The molecule has 0 bridgehead atoms. The fourth-order valence-electron chi connectivity index (χ4n) is 7.45. The molecule has 8 aromatic carbocycles. The second kappa shape index (κ2) is 9.25. The molecule has 0 unspecified atom stereocenters. The van der Waals surface area contributed by atoms with Crippen molar-refractivity contribution in [2.75, 3.05) is 0 Å². The maximum absolute atomic E-state index is 6.74. The van der Waals surface area contributed by atoms with Crippen molar-refractivity contribution in [2.24, 2.45) is 0 Å². The van der Waals surface area contributed by atoms with E-state index in [1.807, 2.05) is 12.3 Å². The molecule has 1 aliphatic heterocycles. The smallest absolute Gasteiger partial charge is 0.135 e. The Morgan fingerprint density at radius 2 is 1.11 bits per heavy atom. The van der Waals surface area contributed by atoms with Crippen molar-refractivity contribution in [3.05, 3.63) is 152 Å². The second-order valence-corrected chi connectivity index (χ2v) is 11.9. The Bertz CT molecular complexity index is 2680. The normalized spacial score (nSPS) is 12.2. The maximum Gasteiger partial charge on any atom is 0.135 e. The molecule has 0 atom stereocenters. The fraction of sp³-hybridized carbons (Fsp3) is 0. The third-order valence-corrected chi connectivity index (χ3v) is 9.49. The first-order valence-corrected chi connectivity index (χ1v) is 15.4. The average molecular weight is 572 g/mol. The van der Waals surface area contributed by atoms with Crippen molar-refractivity contribution in [3.8, 4) is 44.9 Å². The molecule has 1 aliphatic rings. The number of pyridine rings is 1. The molecule has 2 heteroatoms. The minimum absolute atomic E-state index is 0.883. The zero-order valence-electron chi connectivity index (χ0n) is 24.3. The van der Waals surface area contributed by atoms with Gasteiger partial charge in [-0.2, -0.15) is 0 Å². The van der Waals surface area contributed by atoms with Gasteiger partial charge in [-0.15, -0.1) is 0 Å². The number of benzene rings is 8. The van der Waals surface area contributed by atoms with Crippen molar-refractivity contribution >= 4 is 54.0 Å². The zero-order valence-corrected chi connectivity index (χ0v) is 24.3. The van der Waals surface area contributed by atoms with Crippen LogP contribution in [0.15, 0.2) is 152 Å². The lowest BCUT2D eigenvalue weighted by atomic mass is 9.87. The van der Waals surface area contributed by atoms with E-state index < -0.39 is 0 Å². The Kier molecular flexibility index (Phi) is 5.03. The molecule has 0 amide bonds. The van der Waals surface area contributed by atoms with Crippen molar-refractivity contribution < 1.29 is 4.74 Å². The van der Waals surface area contributed by atoms with Gasteiger partial charge in [0, 0.05) is 28.1 Å². The first-order chi connectivity index (χ1) is 22.3. The summed E-state index contributed by atoms with van der Waals surface area (Å²) >= 11 is 0. The molecule has 0 N–H and O–H groups in total. The lowest BCUT2D eigenvalue weighted by Gasteiger charge is -2.23. The van der Waals surface area contributed by atoms with Crippen LogP contribution in [-0.4, -0.2) is 4.98 Å². The Morgan fingerprint density at radius 3 is 2.07 bits per heavy atom. The van der Waals surface area contributed by atoms with Gasteiger partial charge >= 0.3 is 0 Å². The first-order valence-electron chi connectivity index (χ1n) is 15.4. The third-order valence-electron chi connectivity index (χ3n) is 9.49. The van der Waals surface area contributed by atoms with Gasteiger partial charge in [0.15, 0.2) is 0 Å². The Labute approximate surface area is 259 Å². The lowest BCUT2D eigenvalue weighted by Crippen LogP contribution is -1.98. The van der Waals surface area contributed by atoms with Crippen LogP contribution in [0.25, 0.3) is 87.4 Å². The summed E-state index contributed by atoms with van der Waals surface area (Å²) in [7, 11) is 0. The van der Waals surface area contributed by atoms with Crippen LogP contribution in [0, 0.1) is 0 Å². The Morgan fingerprint density at radius 1 is 0.378 bits per heavy atom. The number of para-hydroxylation sites is 1. The molecule has 208 valence electrons. The van der Waals surface area contributed by atoms with Crippen molar-refractivity contribution in [3.63, 3.8) is 0 Å². The van der Waals surface area contributed by atoms with Gasteiger partial charge in [-0.25, -0.2) is 0 Å². The molecule has 2 heterocycles. The standard InChI is InChI=1S/C43H25NO/c1-2-11-29-26(8-1)17-19-32-30-12-3-4-13-31(30)38(25-39(29)32)28-18-20-34-36-22-21-33(37-15-5-9-27-10-7-23-44-43(27)37)35-14-6-16-40(42(35)36)45-41(34)24-28/h1-25H. The number of rotatable bonds is 2. The van der Waals surface area contributed by atoms with Crippen LogP contribution in [0.4, 0.5) is 0 Å². The summed E-state index contributed by atoms with van der Waals surface area (Å²) in [5.74, 6) is 1.77. The summed E-state index contributed by atoms with van der Waals surface area (Å²) in [5.41, 5.74) is 7.97. The SMILES string of the molecule is c1cnc2c(-c3ccc4c5c(cccc35)Oc3cc(-c5cc6c7ccccc7ccc6c6ccccc56)ccc3-4)cccc2c1. The molecule has 0 saturated carbocycles. The minimum atomic E-state index is 0.883. The van der Waals surface area contributed by atoms with Crippen molar-refractivity contribution in [2.45, 2.75) is 0 Å². The van der Waals surface area contributed by atoms with E-state index in [0.29, 0.717) is 0 Å². The van der Waals surface area contributed by atoms with E-state index in [9.17, 15) is 0 Å². The lowest BCUT2D eigenvalue weighted by molar-refractivity contribution is 0.487. The molecule has 0 saturated heterocycles. The molecule has 0 spiro atoms. The van der Waals surface area contributed by atoms with E-state index in [1.165, 1.54) is 54.4 Å². The molecular weight excluding hydrogens is 546 g/mol. The second-order valence-electron chi connectivity index (χ2n) is 11.9. The van der Waals surface area contributed by atoms with Crippen LogP contribution in [-0.2, 0) is 0 Å². The number of hydrogen-bond donors (Lipinski definition) is 0. The number of hydrogen-bond acceptors (Lipinski definition) is 2. The van der Waals surface area contributed by atoms with E-state index in [4.69, 9.17) is 9.72 Å². The van der Waals surface area contributed by atoms with Gasteiger partial charge in [0.1, 0.15) is 11.5 Å². The van der Waals surface area contributed by atoms with Gasteiger partial charge in [0.2, 0.25) is 0 Å². The van der Waals surface area contributed by atoms with Crippen molar-refractivity contribution in [1.29, 1.82) is 0 Å². The summed E-state index contributed by atoms with van der Waals surface area (Å²) in [6.07, 6.45) is 1.87. The van der Waals surface area contributed by atoms with Crippen LogP contribution in [0.3, 0.4) is 0 Å². The average Bonchev–Trinajstić information content (AvgIpc) is 3.11. The predicted molar refractivity (Wildman–Crippen MR) is 188 cm³/mol. The highest BCUT2D eigenvalue weighted by Crippen LogP contribution is 2.50.